The molecule has 0 bridgehead atoms. The molecule has 5 heteroatoms. The van der Waals surface area contributed by atoms with Crippen LogP contribution >= 0.6 is 27.5 Å². The van der Waals surface area contributed by atoms with E-state index in [1.54, 1.807) is 18.2 Å². The van der Waals surface area contributed by atoms with E-state index >= 15 is 0 Å². The number of rotatable bonds is 4. The van der Waals surface area contributed by atoms with E-state index in [0.717, 1.165) is 10.0 Å². The lowest BCUT2D eigenvalue weighted by atomic mass is 10.1. The molecule has 0 aliphatic rings. The van der Waals surface area contributed by atoms with Gasteiger partial charge in [-0.3, -0.25) is 0 Å². The minimum absolute atomic E-state index is 0.308. The lowest BCUT2D eigenvalue weighted by Gasteiger charge is -2.12. The van der Waals surface area contributed by atoms with Crippen molar-refractivity contribution >= 4 is 27.5 Å². The van der Waals surface area contributed by atoms with Gasteiger partial charge in [-0.05, 0) is 54.9 Å². The quantitative estimate of drug-likeness (QED) is 0.884. The fraction of sp³-hybridized carbons (Fsp3) is 0.143. The molecule has 0 atom stereocenters. The maximum Gasteiger partial charge on any atom is 0.146 e. The summed E-state index contributed by atoms with van der Waals surface area (Å²) < 4.78 is 19.8. The second kappa shape index (κ2) is 6.37. The molecule has 2 aromatic carbocycles. The van der Waals surface area contributed by atoms with Crippen LogP contribution < -0.4 is 10.5 Å². The molecule has 0 fully saturated rings. The summed E-state index contributed by atoms with van der Waals surface area (Å²) in [6.07, 6.45) is 0.543. The minimum Gasteiger partial charge on any atom is -0.456 e. The van der Waals surface area contributed by atoms with Gasteiger partial charge in [0, 0.05) is 4.47 Å². The summed E-state index contributed by atoms with van der Waals surface area (Å²) in [5.41, 5.74) is 6.24. The van der Waals surface area contributed by atoms with Gasteiger partial charge in [0.05, 0.1) is 5.02 Å². The van der Waals surface area contributed by atoms with E-state index < -0.39 is 0 Å². The van der Waals surface area contributed by atoms with Gasteiger partial charge < -0.3 is 10.5 Å². The molecule has 0 saturated heterocycles. The van der Waals surface area contributed by atoms with Gasteiger partial charge in [0.15, 0.2) is 0 Å². The van der Waals surface area contributed by atoms with E-state index in [9.17, 15) is 4.39 Å². The summed E-state index contributed by atoms with van der Waals surface area (Å²) in [7, 11) is 0. The Hall–Kier alpha value is -1.10. The van der Waals surface area contributed by atoms with Gasteiger partial charge in [0.1, 0.15) is 17.3 Å². The van der Waals surface area contributed by atoms with E-state index in [1.165, 1.54) is 12.1 Å². The normalized spacial score (nSPS) is 10.5. The van der Waals surface area contributed by atoms with Crippen LogP contribution in [0.4, 0.5) is 4.39 Å². The lowest BCUT2D eigenvalue weighted by molar-refractivity contribution is 0.474. The van der Waals surface area contributed by atoms with Gasteiger partial charge in [-0.1, -0.05) is 27.5 Å². The molecule has 0 saturated carbocycles. The van der Waals surface area contributed by atoms with Crippen LogP contribution in [0.15, 0.2) is 40.9 Å². The molecule has 0 spiro atoms. The van der Waals surface area contributed by atoms with Crippen LogP contribution in [-0.4, -0.2) is 6.54 Å². The van der Waals surface area contributed by atoms with E-state index in [4.69, 9.17) is 22.1 Å². The molecule has 2 N–H and O–H groups in total. The number of hydrogen-bond acceptors (Lipinski definition) is 2. The van der Waals surface area contributed by atoms with E-state index in [0.29, 0.717) is 29.5 Å². The largest absolute Gasteiger partial charge is 0.456 e. The third-order valence-electron chi connectivity index (χ3n) is 2.55. The highest BCUT2D eigenvalue weighted by Gasteiger charge is 2.09. The van der Waals surface area contributed by atoms with Crippen molar-refractivity contribution < 1.29 is 9.13 Å². The third-order valence-corrected chi connectivity index (χ3v) is 3.34. The highest BCUT2D eigenvalue weighted by atomic mass is 79.9. The summed E-state index contributed by atoms with van der Waals surface area (Å²) >= 11 is 9.41. The number of hydrogen-bond donors (Lipinski definition) is 1. The molecule has 2 aromatic rings. The van der Waals surface area contributed by atoms with Crippen molar-refractivity contribution in [3.8, 4) is 11.5 Å². The number of ether oxygens (including phenoxy) is 1. The highest BCUT2D eigenvalue weighted by molar-refractivity contribution is 9.10. The monoisotopic (exact) mass is 343 g/mol. The molecule has 0 radical (unpaired) electrons. The first-order valence-corrected chi connectivity index (χ1v) is 6.88. The Bertz CT molecular complexity index is 592. The van der Waals surface area contributed by atoms with Crippen molar-refractivity contribution in [2.24, 2.45) is 5.73 Å². The van der Waals surface area contributed by atoms with Crippen molar-refractivity contribution in [2.45, 2.75) is 6.42 Å². The maximum absolute atomic E-state index is 13.2. The van der Waals surface area contributed by atoms with Gasteiger partial charge in [0.25, 0.3) is 0 Å². The molecule has 0 heterocycles. The molecule has 2 rings (SSSR count). The van der Waals surface area contributed by atoms with Crippen molar-refractivity contribution in [1.29, 1.82) is 0 Å². The minimum atomic E-state index is -0.308. The van der Waals surface area contributed by atoms with Crippen LogP contribution in [0.3, 0.4) is 0 Å². The first kappa shape index (κ1) is 14.3. The van der Waals surface area contributed by atoms with Crippen molar-refractivity contribution in [1.82, 2.24) is 0 Å². The second-order valence-electron chi connectivity index (χ2n) is 3.97. The first-order chi connectivity index (χ1) is 9.10. The van der Waals surface area contributed by atoms with E-state index in [2.05, 4.69) is 15.9 Å². The van der Waals surface area contributed by atoms with Crippen molar-refractivity contribution in [3.05, 3.63) is 57.3 Å². The fourth-order valence-electron chi connectivity index (χ4n) is 1.67. The van der Waals surface area contributed by atoms with Crippen LogP contribution in [0.1, 0.15) is 5.56 Å². The molecule has 0 aromatic heterocycles. The molecule has 0 aliphatic carbocycles. The van der Waals surface area contributed by atoms with Crippen LogP contribution in [0.5, 0.6) is 11.5 Å². The lowest BCUT2D eigenvalue weighted by Crippen LogP contribution is -2.04. The molecule has 0 aliphatic heterocycles. The average molecular weight is 345 g/mol. The van der Waals surface area contributed by atoms with Gasteiger partial charge in [-0.2, -0.15) is 0 Å². The number of benzene rings is 2. The Morgan fingerprint density at radius 3 is 2.58 bits per heavy atom. The Kier molecular flexibility index (Phi) is 4.80. The zero-order chi connectivity index (χ0) is 13.8. The summed E-state index contributed by atoms with van der Waals surface area (Å²) in [4.78, 5) is 0. The third kappa shape index (κ3) is 3.69. The maximum atomic E-state index is 13.2. The molecular weight excluding hydrogens is 333 g/mol. The predicted molar refractivity (Wildman–Crippen MR) is 78.4 cm³/mol. The summed E-state index contributed by atoms with van der Waals surface area (Å²) in [5, 5.41) is 0.484. The highest BCUT2D eigenvalue weighted by Crippen LogP contribution is 2.33. The van der Waals surface area contributed by atoms with E-state index in [1.807, 2.05) is 6.07 Å². The summed E-state index contributed by atoms with van der Waals surface area (Å²) in [5.74, 6) is 0.781. The van der Waals surface area contributed by atoms with Crippen LogP contribution in [-0.2, 0) is 6.42 Å². The first-order valence-electron chi connectivity index (χ1n) is 5.71. The Morgan fingerprint density at radius 1 is 1.16 bits per heavy atom. The molecule has 100 valence electrons. The molecule has 0 unspecified atom stereocenters. The molecule has 19 heavy (non-hydrogen) atoms. The van der Waals surface area contributed by atoms with Gasteiger partial charge >= 0.3 is 0 Å². The SMILES string of the molecule is NCCc1cc(F)ccc1Oc1ccc(Br)cc1Cl. The van der Waals surface area contributed by atoms with Gasteiger partial charge in [0.2, 0.25) is 0 Å². The smallest absolute Gasteiger partial charge is 0.146 e. The Morgan fingerprint density at radius 2 is 1.89 bits per heavy atom. The molecular formula is C14H12BrClFNO. The standard InChI is InChI=1S/C14H12BrClFNO/c15-10-1-3-14(12(16)8-10)19-13-4-2-11(17)7-9(13)5-6-18/h1-4,7-8H,5-6,18H2. The van der Waals surface area contributed by atoms with Crippen molar-refractivity contribution in [3.63, 3.8) is 0 Å². The van der Waals surface area contributed by atoms with Crippen molar-refractivity contribution in [2.75, 3.05) is 6.54 Å². The van der Waals surface area contributed by atoms with Gasteiger partial charge in [-0.15, -0.1) is 0 Å². The zero-order valence-electron chi connectivity index (χ0n) is 10.00. The summed E-state index contributed by atoms with van der Waals surface area (Å²) in [6.45, 7) is 0.424. The molecule has 2 nitrogen and oxygen atoms in total. The van der Waals surface area contributed by atoms with E-state index in [-0.39, 0.29) is 5.82 Å². The van der Waals surface area contributed by atoms with Crippen LogP contribution in [0.2, 0.25) is 5.02 Å². The second-order valence-corrected chi connectivity index (χ2v) is 5.29. The Labute approximate surface area is 124 Å². The molecule has 0 amide bonds. The van der Waals surface area contributed by atoms with Crippen LogP contribution in [0, 0.1) is 5.82 Å². The Balaban J connectivity index is 2.32. The van der Waals surface area contributed by atoms with Crippen LogP contribution in [0.25, 0.3) is 0 Å². The van der Waals surface area contributed by atoms with Gasteiger partial charge in [-0.25, -0.2) is 4.39 Å². The average Bonchev–Trinajstić information content (AvgIpc) is 2.36. The fourth-order valence-corrected chi connectivity index (χ4v) is 2.39. The number of nitrogens with two attached hydrogens (primary N) is 1. The summed E-state index contributed by atoms with van der Waals surface area (Å²) in [6, 6.07) is 9.67. The number of halogens is 3. The topological polar surface area (TPSA) is 35.2 Å². The predicted octanol–water partition coefficient (Wildman–Crippen LogP) is 4.54. The zero-order valence-corrected chi connectivity index (χ0v) is 12.3.